The van der Waals surface area contributed by atoms with Gasteiger partial charge >= 0.3 is 11.9 Å². The molecule has 1 N–H and O–H groups in total. The number of cyclic esters (lactones) is 1. The van der Waals surface area contributed by atoms with Crippen LogP contribution in [-0.2, 0) is 29.9 Å². The highest BCUT2D eigenvalue weighted by Crippen LogP contribution is 2.40. The second-order valence-corrected chi connectivity index (χ2v) is 15.5. The second-order valence-electron chi connectivity index (χ2n) is 10.7. The van der Waals surface area contributed by atoms with Crippen LogP contribution in [0.15, 0.2) is 47.1 Å². The first-order valence-corrected chi connectivity index (χ1v) is 14.7. The third-order valence-corrected chi connectivity index (χ3v) is 11.2. The Labute approximate surface area is 203 Å². The van der Waals surface area contributed by atoms with E-state index in [4.69, 9.17) is 18.3 Å². The smallest absolute Gasteiger partial charge is 0.344 e. The molecular weight excluding hydrogens is 450 g/mol. The number of benzene rings is 1. The van der Waals surface area contributed by atoms with Crippen molar-refractivity contribution in [1.82, 2.24) is 0 Å². The molecule has 0 aliphatic carbocycles. The summed E-state index contributed by atoms with van der Waals surface area (Å²) >= 11 is 0. The van der Waals surface area contributed by atoms with Gasteiger partial charge in [0, 0.05) is 18.7 Å². The normalized spacial score (nSPS) is 20.9. The minimum absolute atomic E-state index is 0.0764. The van der Waals surface area contributed by atoms with Crippen LogP contribution in [0.1, 0.15) is 58.5 Å². The molecule has 7 nitrogen and oxygen atoms in total. The number of carbonyl (C=O) groups excluding carboxylic acids is 2. The van der Waals surface area contributed by atoms with Crippen molar-refractivity contribution < 1.29 is 27.9 Å². The lowest BCUT2D eigenvalue weighted by atomic mass is 9.93. The Hall–Kier alpha value is -2.58. The van der Waals surface area contributed by atoms with Crippen LogP contribution in [0.2, 0.25) is 18.1 Å². The highest BCUT2D eigenvalue weighted by atomic mass is 28.4. The van der Waals surface area contributed by atoms with E-state index in [1.54, 1.807) is 26.0 Å². The van der Waals surface area contributed by atoms with E-state index in [2.05, 4.69) is 39.2 Å². The van der Waals surface area contributed by atoms with E-state index in [9.17, 15) is 9.59 Å². The minimum Gasteiger partial charge on any atom is -0.465 e. The van der Waals surface area contributed by atoms with Crippen LogP contribution in [0.4, 0.5) is 5.69 Å². The number of furan rings is 1. The maximum Gasteiger partial charge on any atom is 0.344 e. The average Bonchev–Trinajstić information content (AvgIpc) is 3.37. The fourth-order valence-corrected chi connectivity index (χ4v) is 4.59. The summed E-state index contributed by atoms with van der Waals surface area (Å²) < 4.78 is 22.6. The van der Waals surface area contributed by atoms with E-state index in [-0.39, 0.29) is 17.6 Å². The topological polar surface area (TPSA) is 87.0 Å². The Balaban J connectivity index is 1.72. The van der Waals surface area contributed by atoms with Crippen molar-refractivity contribution in [2.24, 2.45) is 0 Å². The Morgan fingerprint density at radius 1 is 1.21 bits per heavy atom. The number of rotatable bonds is 9. The van der Waals surface area contributed by atoms with Crippen LogP contribution >= 0.6 is 0 Å². The summed E-state index contributed by atoms with van der Waals surface area (Å²) in [5, 5.41) is 3.28. The molecule has 2 aromatic rings. The van der Waals surface area contributed by atoms with Crippen molar-refractivity contribution in [3.05, 3.63) is 54.0 Å². The second kappa shape index (κ2) is 9.96. The Kier molecular flexibility index (Phi) is 7.62. The fraction of sp³-hybridized carbons (Fsp3) is 0.538. The number of ether oxygens (including phenoxy) is 2. The molecule has 0 saturated carbocycles. The average molecular weight is 488 g/mol. The Morgan fingerprint density at radius 3 is 2.44 bits per heavy atom. The monoisotopic (exact) mass is 487 g/mol. The summed E-state index contributed by atoms with van der Waals surface area (Å²) in [5.74, 6) is -0.841. The first-order valence-electron chi connectivity index (χ1n) is 11.8. The van der Waals surface area contributed by atoms with Crippen molar-refractivity contribution in [2.75, 3.05) is 11.9 Å². The molecule has 8 heteroatoms. The molecule has 3 rings (SSSR count). The molecule has 1 aliphatic heterocycles. The van der Waals surface area contributed by atoms with Gasteiger partial charge in [-0.05, 0) is 68.2 Å². The summed E-state index contributed by atoms with van der Waals surface area (Å²) in [7, 11) is -1.79. The van der Waals surface area contributed by atoms with Crippen LogP contribution in [0, 0.1) is 0 Å². The Bertz CT molecular complexity index is 978. The number of anilines is 1. The molecule has 0 spiro atoms. The Morgan fingerprint density at radius 2 is 1.88 bits per heavy atom. The van der Waals surface area contributed by atoms with E-state index >= 15 is 0 Å². The van der Waals surface area contributed by atoms with E-state index in [1.807, 2.05) is 24.3 Å². The predicted octanol–water partition coefficient (Wildman–Crippen LogP) is 5.63. The standard InChI is InChI=1S/C26H37NO6Si/c1-18(2)32-23(28)26(17-22(33-24(26)29)21-9-8-15-30-21)27-20-12-10-19(11-13-20)14-16-31-34(6,7)25(3,4)5/h8-13,15,18,22,27H,14,16-17H2,1-7H3/t22-,26-/m1/s1. The molecule has 34 heavy (non-hydrogen) atoms. The van der Waals surface area contributed by atoms with E-state index < -0.39 is 31.9 Å². The van der Waals surface area contributed by atoms with Crippen molar-refractivity contribution in [3.8, 4) is 0 Å². The molecule has 0 unspecified atom stereocenters. The fourth-order valence-electron chi connectivity index (χ4n) is 3.54. The molecule has 186 valence electrons. The summed E-state index contributed by atoms with van der Waals surface area (Å²) in [6.07, 6.45) is 1.34. The van der Waals surface area contributed by atoms with E-state index in [1.165, 1.54) is 6.26 Å². The van der Waals surface area contributed by atoms with Gasteiger partial charge in [0.25, 0.3) is 0 Å². The van der Waals surface area contributed by atoms with Crippen LogP contribution in [0.5, 0.6) is 0 Å². The molecule has 0 amide bonds. The van der Waals surface area contributed by atoms with Gasteiger partial charge in [0.05, 0.1) is 12.4 Å². The van der Waals surface area contributed by atoms with Gasteiger partial charge in [-0.15, -0.1) is 0 Å². The lowest BCUT2D eigenvalue weighted by Crippen LogP contribution is -2.52. The number of nitrogens with one attached hydrogen (secondary N) is 1. The quantitative estimate of drug-likeness (QED) is 0.278. The van der Waals surface area contributed by atoms with Crippen LogP contribution in [0.3, 0.4) is 0 Å². The summed E-state index contributed by atoms with van der Waals surface area (Å²) in [4.78, 5) is 26.0. The predicted molar refractivity (Wildman–Crippen MR) is 133 cm³/mol. The van der Waals surface area contributed by atoms with Gasteiger partial charge in [-0.3, -0.25) is 0 Å². The summed E-state index contributed by atoms with van der Waals surface area (Å²) in [5.41, 5.74) is 0.103. The van der Waals surface area contributed by atoms with Gasteiger partial charge in [0.2, 0.25) is 5.54 Å². The van der Waals surface area contributed by atoms with Gasteiger partial charge in [-0.25, -0.2) is 9.59 Å². The maximum atomic E-state index is 13.1. The molecule has 2 atom stereocenters. The number of hydrogen-bond donors (Lipinski definition) is 1. The molecule has 1 aliphatic rings. The molecule has 0 radical (unpaired) electrons. The lowest BCUT2D eigenvalue weighted by molar-refractivity contribution is -0.160. The molecule has 1 aromatic carbocycles. The van der Waals surface area contributed by atoms with Crippen molar-refractivity contribution in [1.29, 1.82) is 0 Å². The third-order valence-electron chi connectivity index (χ3n) is 6.61. The van der Waals surface area contributed by atoms with Gasteiger partial charge < -0.3 is 23.6 Å². The van der Waals surface area contributed by atoms with Crippen LogP contribution in [-0.4, -0.2) is 38.5 Å². The zero-order valence-corrected chi connectivity index (χ0v) is 22.3. The maximum absolute atomic E-state index is 13.1. The molecule has 1 aromatic heterocycles. The molecule has 0 bridgehead atoms. The van der Waals surface area contributed by atoms with Gasteiger partial charge in [-0.1, -0.05) is 32.9 Å². The van der Waals surface area contributed by atoms with Gasteiger partial charge in [-0.2, -0.15) is 0 Å². The van der Waals surface area contributed by atoms with Crippen molar-refractivity contribution >= 4 is 25.9 Å². The van der Waals surface area contributed by atoms with Crippen molar-refractivity contribution in [2.45, 2.75) is 83.3 Å². The molecule has 2 heterocycles. The highest BCUT2D eigenvalue weighted by molar-refractivity contribution is 6.74. The number of hydrogen-bond acceptors (Lipinski definition) is 7. The highest BCUT2D eigenvalue weighted by Gasteiger charge is 2.58. The third kappa shape index (κ3) is 5.72. The molecule has 1 saturated heterocycles. The largest absolute Gasteiger partial charge is 0.465 e. The van der Waals surface area contributed by atoms with Crippen LogP contribution in [0.25, 0.3) is 0 Å². The van der Waals surface area contributed by atoms with E-state index in [0.717, 1.165) is 12.0 Å². The summed E-state index contributed by atoms with van der Waals surface area (Å²) in [6, 6.07) is 11.1. The van der Waals surface area contributed by atoms with Crippen LogP contribution < -0.4 is 5.32 Å². The van der Waals surface area contributed by atoms with Gasteiger partial charge in [0.1, 0.15) is 5.76 Å². The zero-order valence-electron chi connectivity index (χ0n) is 21.3. The lowest BCUT2D eigenvalue weighted by Gasteiger charge is -2.36. The van der Waals surface area contributed by atoms with E-state index in [0.29, 0.717) is 18.1 Å². The van der Waals surface area contributed by atoms with Gasteiger partial charge in [0.15, 0.2) is 14.4 Å². The first kappa shape index (κ1) is 26.0. The number of esters is 2. The zero-order chi connectivity index (χ0) is 25.1. The molecule has 1 fully saturated rings. The SMILES string of the molecule is CC(C)OC(=O)[C@]1(Nc2ccc(CCO[Si](C)(C)C(C)(C)C)cc2)C[C@H](c2ccco2)OC1=O. The van der Waals surface area contributed by atoms with Crippen molar-refractivity contribution in [3.63, 3.8) is 0 Å². The summed E-state index contributed by atoms with van der Waals surface area (Å²) in [6.45, 7) is 15.3. The first-order chi connectivity index (χ1) is 15.8. The molecular formula is C26H37NO6Si. The number of carbonyl (C=O) groups is 2. The minimum atomic E-state index is -1.79.